The number of hydrogen-bond acceptors (Lipinski definition) is 3. The molecule has 1 atom stereocenters. The number of nitrogen functional groups attached to an aromatic ring is 1. The van der Waals surface area contributed by atoms with Gasteiger partial charge in [-0.15, -0.1) is 6.58 Å². The largest absolute Gasteiger partial charge is 0.396 e. The van der Waals surface area contributed by atoms with E-state index >= 15 is 0 Å². The van der Waals surface area contributed by atoms with Crippen LogP contribution in [0.15, 0.2) is 18.7 Å². The Hall–Kier alpha value is -1.89. The Morgan fingerprint density at radius 2 is 2.44 bits per heavy atom. The lowest BCUT2D eigenvalue weighted by atomic mass is 10.0. The van der Waals surface area contributed by atoms with E-state index < -0.39 is 0 Å². The summed E-state index contributed by atoms with van der Waals surface area (Å²) in [4.78, 5) is 2.30. The second-order valence-electron chi connectivity index (χ2n) is 5.01. The van der Waals surface area contributed by atoms with E-state index in [-0.39, 0.29) is 0 Å². The van der Waals surface area contributed by atoms with Crippen LogP contribution in [0.25, 0.3) is 0 Å². The molecule has 1 aromatic rings. The monoisotopic (exact) mass is 244 g/mol. The first-order valence-electron chi connectivity index (χ1n) is 6.42. The van der Waals surface area contributed by atoms with Crippen LogP contribution in [0.1, 0.15) is 25.5 Å². The fraction of sp³-hybridized carbons (Fsp3) is 0.500. The van der Waals surface area contributed by atoms with Gasteiger partial charge in [0.2, 0.25) is 0 Å². The van der Waals surface area contributed by atoms with Crippen LogP contribution in [0.2, 0.25) is 0 Å². The summed E-state index contributed by atoms with van der Waals surface area (Å²) in [5.41, 5.74) is 7.38. The van der Waals surface area contributed by atoms with Crippen molar-refractivity contribution in [1.29, 1.82) is 5.26 Å². The third-order valence-electron chi connectivity index (χ3n) is 3.48. The van der Waals surface area contributed by atoms with Gasteiger partial charge in [0.15, 0.2) is 0 Å². The number of aromatic nitrogens is 1. The van der Waals surface area contributed by atoms with Crippen molar-refractivity contribution in [3.05, 3.63) is 24.4 Å². The van der Waals surface area contributed by atoms with Crippen molar-refractivity contribution in [2.45, 2.75) is 26.3 Å². The van der Waals surface area contributed by atoms with Crippen LogP contribution in [0.4, 0.5) is 11.5 Å². The molecule has 1 fully saturated rings. The van der Waals surface area contributed by atoms with Crippen molar-refractivity contribution < 1.29 is 0 Å². The molecule has 1 aromatic heterocycles. The van der Waals surface area contributed by atoms with Crippen molar-refractivity contribution in [1.82, 2.24) is 4.57 Å². The molecule has 0 radical (unpaired) electrons. The van der Waals surface area contributed by atoms with Gasteiger partial charge in [-0.2, -0.15) is 5.26 Å². The summed E-state index contributed by atoms with van der Waals surface area (Å²) in [6, 6.07) is 3.96. The zero-order valence-corrected chi connectivity index (χ0v) is 10.9. The van der Waals surface area contributed by atoms with E-state index in [0.29, 0.717) is 23.8 Å². The maximum Gasteiger partial charge on any atom is 0.133 e. The second-order valence-corrected chi connectivity index (χ2v) is 5.01. The lowest BCUT2D eigenvalue weighted by molar-refractivity contribution is 0.441. The summed E-state index contributed by atoms with van der Waals surface area (Å²) in [7, 11) is 0. The summed E-state index contributed by atoms with van der Waals surface area (Å²) >= 11 is 0. The second kappa shape index (κ2) is 5.18. The highest BCUT2D eigenvalue weighted by molar-refractivity contribution is 5.68. The van der Waals surface area contributed by atoms with Crippen LogP contribution < -0.4 is 10.6 Å². The van der Waals surface area contributed by atoms with E-state index in [9.17, 15) is 0 Å². The third kappa shape index (κ3) is 2.21. The Kier molecular flexibility index (Phi) is 3.61. The minimum Gasteiger partial charge on any atom is -0.396 e. The Balaban J connectivity index is 2.39. The fourth-order valence-corrected chi connectivity index (χ4v) is 2.70. The van der Waals surface area contributed by atoms with Crippen molar-refractivity contribution in [3.63, 3.8) is 0 Å². The molecule has 0 saturated carbocycles. The average Bonchev–Trinajstić information content (AvgIpc) is 2.66. The molecule has 2 heterocycles. The van der Waals surface area contributed by atoms with E-state index in [4.69, 9.17) is 11.0 Å². The van der Waals surface area contributed by atoms with Crippen LogP contribution in [0.5, 0.6) is 0 Å². The number of hydrogen-bond donors (Lipinski definition) is 1. The minimum absolute atomic E-state index is 0.612. The lowest BCUT2D eigenvalue weighted by Gasteiger charge is -2.33. The molecule has 2 rings (SSSR count). The van der Waals surface area contributed by atoms with E-state index in [0.717, 1.165) is 18.9 Å². The molecule has 1 aliphatic rings. The van der Waals surface area contributed by atoms with Crippen molar-refractivity contribution in [2.24, 2.45) is 5.92 Å². The number of nitrogens with zero attached hydrogens (tertiary/aromatic N) is 3. The van der Waals surface area contributed by atoms with Gasteiger partial charge in [-0.1, -0.05) is 13.0 Å². The molecule has 1 aliphatic heterocycles. The van der Waals surface area contributed by atoms with Gasteiger partial charge in [-0.05, 0) is 24.8 Å². The quantitative estimate of drug-likeness (QED) is 0.830. The van der Waals surface area contributed by atoms with Gasteiger partial charge in [0, 0.05) is 19.6 Å². The van der Waals surface area contributed by atoms with Crippen molar-refractivity contribution in [3.8, 4) is 6.07 Å². The first kappa shape index (κ1) is 12.6. The molecular weight excluding hydrogens is 224 g/mol. The zero-order chi connectivity index (χ0) is 13.1. The molecule has 4 heteroatoms. The van der Waals surface area contributed by atoms with Crippen LogP contribution in [0.3, 0.4) is 0 Å². The molecule has 4 nitrogen and oxygen atoms in total. The van der Waals surface area contributed by atoms with Crippen LogP contribution in [-0.4, -0.2) is 17.7 Å². The first-order chi connectivity index (χ1) is 8.67. The molecular formula is C14H20N4. The van der Waals surface area contributed by atoms with Gasteiger partial charge in [-0.3, -0.25) is 0 Å². The average molecular weight is 244 g/mol. The SMILES string of the molecule is C=CCn1c(C#N)cc(N)c1N1CCCC(C)C1. The zero-order valence-electron chi connectivity index (χ0n) is 10.9. The van der Waals surface area contributed by atoms with Crippen LogP contribution >= 0.6 is 0 Å². The van der Waals surface area contributed by atoms with Crippen LogP contribution in [-0.2, 0) is 6.54 Å². The standard InChI is InChI=1S/C14H20N4/c1-3-6-18-12(9-15)8-13(16)14(18)17-7-4-5-11(2)10-17/h3,8,11H,1,4-7,10,16H2,2H3. The number of allylic oxidation sites excluding steroid dienone is 1. The van der Waals surface area contributed by atoms with E-state index in [1.807, 2.05) is 4.57 Å². The Bertz CT molecular complexity index is 481. The maximum absolute atomic E-state index is 9.15. The fourth-order valence-electron chi connectivity index (χ4n) is 2.70. The number of anilines is 2. The predicted octanol–water partition coefficient (Wildman–Crippen LogP) is 2.36. The molecule has 1 saturated heterocycles. The van der Waals surface area contributed by atoms with Gasteiger partial charge in [0.25, 0.3) is 0 Å². The summed E-state index contributed by atoms with van der Waals surface area (Å²) in [5, 5.41) is 9.15. The summed E-state index contributed by atoms with van der Waals surface area (Å²) in [6.45, 7) is 8.66. The van der Waals surface area contributed by atoms with Crippen LogP contribution in [0, 0.1) is 17.2 Å². The van der Waals surface area contributed by atoms with Gasteiger partial charge in [0.1, 0.15) is 17.6 Å². The van der Waals surface area contributed by atoms with E-state index in [1.165, 1.54) is 12.8 Å². The number of nitriles is 1. The molecule has 0 amide bonds. The number of piperidine rings is 1. The van der Waals surface area contributed by atoms with Crippen molar-refractivity contribution in [2.75, 3.05) is 23.7 Å². The molecule has 2 N–H and O–H groups in total. The molecule has 18 heavy (non-hydrogen) atoms. The summed E-state index contributed by atoms with van der Waals surface area (Å²) in [6.07, 6.45) is 4.25. The maximum atomic E-state index is 9.15. The molecule has 0 bridgehead atoms. The minimum atomic E-state index is 0.612. The highest BCUT2D eigenvalue weighted by Gasteiger charge is 2.23. The molecule has 1 unspecified atom stereocenters. The molecule has 0 spiro atoms. The smallest absolute Gasteiger partial charge is 0.133 e. The lowest BCUT2D eigenvalue weighted by Crippen LogP contribution is -2.36. The molecule has 0 aliphatic carbocycles. The highest BCUT2D eigenvalue weighted by Crippen LogP contribution is 2.31. The first-order valence-corrected chi connectivity index (χ1v) is 6.42. The van der Waals surface area contributed by atoms with Gasteiger partial charge >= 0.3 is 0 Å². The van der Waals surface area contributed by atoms with Gasteiger partial charge in [-0.25, -0.2) is 0 Å². The number of nitrogens with two attached hydrogens (primary N) is 1. The Morgan fingerprint density at radius 1 is 1.67 bits per heavy atom. The number of rotatable bonds is 3. The Labute approximate surface area is 108 Å². The molecule has 96 valence electrons. The van der Waals surface area contributed by atoms with E-state index in [2.05, 4.69) is 24.5 Å². The normalized spacial score (nSPS) is 19.6. The topological polar surface area (TPSA) is 58.0 Å². The predicted molar refractivity (Wildman–Crippen MR) is 74.4 cm³/mol. The third-order valence-corrected chi connectivity index (χ3v) is 3.48. The summed E-state index contributed by atoms with van der Waals surface area (Å²) < 4.78 is 1.96. The highest BCUT2D eigenvalue weighted by atomic mass is 15.3. The van der Waals surface area contributed by atoms with Gasteiger partial charge < -0.3 is 15.2 Å². The van der Waals surface area contributed by atoms with Gasteiger partial charge in [0.05, 0.1) is 5.69 Å². The van der Waals surface area contributed by atoms with E-state index in [1.54, 1.807) is 12.1 Å². The summed E-state index contributed by atoms with van der Waals surface area (Å²) in [5.74, 6) is 1.66. The Morgan fingerprint density at radius 3 is 3.06 bits per heavy atom. The van der Waals surface area contributed by atoms with Crippen molar-refractivity contribution >= 4 is 11.5 Å². The molecule has 0 aromatic carbocycles.